The summed E-state index contributed by atoms with van der Waals surface area (Å²) < 4.78 is 13.2. The molecule has 8 heteroatoms. The van der Waals surface area contributed by atoms with Gasteiger partial charge in [-0.25, -0.2) is 9.59 Å². The predicted octanol–water partition coefficient (Wildman–Crippen LogP) is 1.88. The van der Waals surface area contributed by atoms with E-state index in [9.17, 15) is 9.59 Å². The Bertz CT molecular complexity index is 608. The molecule has 26 heavy (non-hydrogen) atoms. The molecular weight excluding hydrogens is 336 g/mol. The molecule has 0 atom stereocenters. The Labute approximate surface area is 152 Å². The van der Waals surface area contributed by atoms with Crippen molar-refractivity contribution in [2.45, 2.75) is 25.7 Å². The topological polar surface area (TPSA) is 84.4 Å². The largest absolute Gasteiger partial charge is 0.461 e. The lowest BCUT2D eigenvalue weighted by atomic mass is 10.2. The molecule has 2 N–H and O–H groups in total. The average molecular weight is 360 g/mol. The maximum atomic E-state index is 11.6. The molecule has 8 nitrogen and oxygen atoms in total. The minimum atomic E-state index is -0.486. The average Bonchev–Trinajstić information content (AvgIpc) is 2.65. The highest BCUT2D eigenvalue weighted by atomic mass is 16.6. The zero-order valence-corrected chi connectivity index (χ0v) is 14.5. The summed E-state index contributed by atoms with van der Waals surface area (Å²) in [6.07, 6.45) is 9.20. The van der Waals surface area contributed by atoms with Crippen molar-refractivity contribution in [1.29, 1.82) is 0 Å². The summed E-state index contributed by atoms with van der Waals surface area (Å²) in [5.74, 6) is 0. The minimum absolute atomic E-state index is 0.352. The SMILES string of the molecule is O=C(N[n+]1ccccc1)OCCCCCCOC(=O)N[n+]1ccccc1. The number of hydrogen-bond donors (Lipinski definition) is 2. The van der Waals surface area contributed by atoms with Gasteiger partial charge in [-0.3, -0.25) is 0 Å². The van der Waals surface area contributed by atoms with Crippen LogP contribution >= 0.6 is 0 Å². The van der Waals surface area contributed by atoms with Crippen molar-refractivity contribution >= 4 is 12.2 Å². The van der Waals surface area contributed by atoms with Crippen LogP contribution in [-0.4, -0.2) is 25.4 Å². The van der Waals surface area contributed by atoms with Gasteiger partial charge in [-0.15, -0.1) is 0 Å². The summed E-state index contributed by atoms with van der Waals surface area (Å²) in [7, 11) is 0. The van der Waals surface area contributed by atoms with Gasteiger partial charge in [0.05, 0.1) is 13.2 Å². The molecule has 2 amide bonds. The van der Waals surface area contributed by atoms with Gasteiger partial charge in [0.25, 0.3) is 0 Å². The molecule has 0 aliphatic carbocycles. The molecule has 2 heterocycles. The smallest absolute Gasteiger partial charge is 0.446 e. The van der Waals surface area contributed by atoms with Crippen molar-refractivity contribution < 1.29 is 28.4 Å². The van der Waals surface area contributed by atoms with Crippen molar-refractivity contribution in [2.75, 3.05) is 24.1 Å². The van der Waals surface area contributed by atoms with Gasteiger partial charge in [0.2, 0.25) is 0 Å². The molecule has 2 aromatic heterocycles. The van der Waals surface area contributed by atoms with Gasteiger partial charge in [-0.05, 0) is 25.7 Å². The third kappa shape index (κ3) is 8.09. The zero-order valence-electron chi connectivity index (χ0n) is 14.5. The highest BCUT2D eigenvalue weighted by Gasteiger charge is 2.08. The van der Waals surface area contributed by atoms with E-state index in [1.807, 2.05) is 12.1 Å². The van der Waals surface area contributed by atoms with E-state index in [0.29, 0.717) is 13.2 Å². The molecule has 0 unspecified atom stereocenters. The fraction of sp³-hybridized carbons (Fsp3) is 0.333. The summed E-state index contributed by atoms with van der Waals surface area (Å²) in [6.45, 7) is 0.705. The number of pyridine rings is 2. The van der Waals surface area contributed by atoms with Crippen LogP contribution in [0.5, 0.6) is 0 Å². The lowest BCUT2D eigenvalue weighted by Crippen LogP contribution is -2.47. The number of carbonyl (C=O) groups is 2. The molecule has 0 bridgehead atoms. The lowest BCUT2D eigenvalue weighted by molar-refractivity contribution is -0.642. The van der Waals surface area contributed by atoms with Crippen LogP contribution in [0, 0.1) is 0 Å². The van der Waals surface area contributed by atoms with Crippen LogP contribution in [0.2, 0.25) is 0 Å². The van der Waals surface area contributed by atoms with E-state index in [-0.39, 0.29) is 0 Å². The number of hydrogen-bond acceptors (Lipinski definition) is 4. The minimum Gasteiger partial charge on any atom is -0.446 e. The van der Waals surface area contributed by atoms with Crippen molar-refractivity contribution in [3.8, 4) is 0 Å². The number of amides is 2. The van der Waals surface area contributed by atoms with Gasteiger partial charge in [-0.1, -0.05) is 32.3 Å². The quantitative estimate of drug-likeness (QED) is 0.528. The van der Waals surface area contributed by atoms with Crippen molar-refractivity contribution in [2.24, 2.45) is 0 Å². The summed E-state index contributed by atoms with van der Waals surface area (Å²) >= 11 is 0. The molecule has 0 fully saturated rings. The molecule has 2 rings (SSSR count). The van der Waals surface area contributed by atoms with E-state index in [1.165, 1.54) is 9.35 Å². The number of ether oxygens (including phenoxy) is 2. The van der Waals surface area contributed by atoms with Crippen LogP contribution < -0.4 is 20.2 Å². The first-order valence-electron chi connectivity index (χ1n) is 8.54. The first-order chi connectivity index (χ1) is 12.7. The fourth-order valence-corrected chi connectivity index (χ4v) is 2.11. The number of nitrogens with zero attached hydrogens (tertiary/aromatic N) is 2. The molecule has 0 radical (unpaired) electrons. The highest BCUT2D eigenvalue weighted by molar-refractivity contribution is 5.73. The van der Waals surface area contributed by atoms with Crippen molar-refractivity contribution in [1.82, 2.24) is 0 Å². The maximum Gasteiger partial charge on any atom is 0.461 e. The van der Waals surface area contributed by atoms with Crippen molar-refractivity contribution in [3.05, 3.63) is 61.2 Å². The normalized spacial score (nSPS) is 10.0. The Balaban J connectivity index is 1.43. The second-order valence-electron chi connectivity index (χ2n) is 5.48. The van der Waals surface area contributed by atoms with Gasteiger partial charge < -0.3 is 9.47 Å². The van der Waals surface area contributed by atoms with E-state index in [2.05, 4.69) is 10.9 Å². The monoisotopic (exact) mass is 360 g/mol. The zero-order chi connectivity index (χ0) is 18.5. The van der Waals surface area contributed by atoms with E-state index in [4.69, 9.17) is 9.47 Å². The Kier molecular flexibility index (Phi) is 8.41. The van der Waals surface area contributed by atoms with E-state index >= 15 is 0 Å². The van der Waals surface area contributed by atoms with E-state index in [1.54, 1.807) is 49.1 Å². The first kappa shape index (κ1) is 19.2. The molecule has 0 saturated heterocycles. The second-order valence-corrected chi connectivity index (χ2v) is 5.48. The number of nitrogens with one attached hydrogen (secondary N) is 2. The Hall–Kier alpha value is -3.16. The molecule has 0 aliphatic rings. The number of carbonyl (C=O) groups excluding carboxylic acids is 2. The van der Waals surface area contributed by atoms with Gasteiger partial charge in [0, 0.05) is 24.3 Å². The van der Waals surface area contributed by atoms with Crippen LogP contribution in [0.25, 0.3) is 0 Å². The van der Waals surface area contributed by atoms with Crippen LogP contribution in [0.1, 0.15) is 25.7 Å². The van der Waals surface area contributed by atoms with Gasteiger partial charge >= 0.3 is 12.2 Å². The third-order valence-corrected chi connectivity index (χ3v) is 3.38. The summed E-state index contributed by atoms with van der Waals surface area (Å²) in [5.41, 5.74) is 5.15. The standard InChI is InChI=1S/C18H22N4O4/c23-17(19-21-11-5-3-6-12-21)25-15-9-1-2-10-16-26-18(24)20-22-13-7-4-8-14-22/h3-8,11-14H,1-2,9-10,15-16H2/p+2. The molecule has 0 spiro atoms. The second kappa shape index (κ2) is 11.4. The molecule has 0 aliphatic heterocycles. The van der Waals surface area contributed by atoms with Crippen LogP contribution in [0.15, 0.2) is 61.2 Å². The lowest BCUT2D eigenvalue weighted by Gasteiger charge is -2.05. The van der Waals surface area contributed by atoms with Crippen LogP contribution in [0.3, 0.4) is 0 Å². The predicted molar refractivity (Wildman–Crippen MR) is 93.2 cm³/mol. The third-order valence-electron chi connectivity index (χ3n) is 3.38. The summed E-state index contributed by atoms with van der Waals surface area (Å²) in [5, 5.41) is 0. The molecular formula is C18H24N4O4+2. The van der Waals surface area contributed by atoms with Gasteiger partial charge in [0.15, 0.2) is 24.8 Å². The Morgan fingerprint density at radius 3 is 1.38 bits per heavy atom. The molecule has 2 aromatic rings. The number of aromatic nitrogens is 2. The Morgan fingerprint density at radius 1 is 0.615 bits per heavy atom. The molecule has 138 valence electrons. The number of unbranched alkanes of at least 4 members (excludes halogenated alkanes) is 3. The van der Waals surface area contributed by atoms with Crippen molar-refractivity contribution in [3.63, 3.8) is 0 Å². The maximum absolute atomic E-state index is 11.6. The summed E-state index contributed by atoms with van der Waals surface area (Å²) in [6, 6.07) is 10.9. The van der Waals surface area contributed by atoms with E-state index < -0.39 is 12.2 Å². The Morgan fingerprint density at radius 2 is 1.00 bits per heavy atom. The van der Waals surface area contributed by atoms with Gasteiger partial charge in [0.1, 0.15) is 0 Å². The molecule has 0 saturated carbocycles. The van der Waals surface area contributed by atoms with Gasteiger partial charge in [-0.2, -0.15) is 0 Å². The highest BCUT2D eigenvalue weighted by Crippen LogP contribution is 2.01. The van der Waals surface area contributed by atoms with Crippen LogP contribution in [0.4, 0.5) is 9.59 Å². The first-order valence-corrected chi connectivity index (χ1v) is 8.54. The van der Waals surface area contributed by atoms with Crippen LogP contribution in [-0.2, 0) is 9.47 Å². The molecule has 0 aromatic carbocycles. The van der Waals surface area contributed by atoms with E-state index in [0.717, 1.165) is 25.7 Å². The number of rotatable bonds is 9. The summed E-state index contributed by atoms with van der Waals surface area (Å²) in [4.78, 5) is 23.1. The fourth-order valence-electron chi connectivity index (χ4n) is 2.11.